The Bertz CT molecular complexity index is 344. The van der Waals surface area contributed by atoms with Crippen molar-refractivity contribution in [3.05, 3.63) is 30.1 Å². The highest BCUT2D eigenvalue weighted by molar-refractivity contribution is 6.37. The van der Waals surface area contributed by atoms with Gasteiger partial charge >= 0.3 is 0 Å². The molecular weight excluding hydrogens is 190 g/mol. The fraction of sp³-hybridized carbons (Fsp3) is 0.417. The van der Waals surface area contributed by atoms with Crippen LogP contribution < -0.4 is 0 Å². The minimum atomic E-state index is -0.296. The van der Waals surface area contributed by atoms with Crippen LogP contribution in [0.25, 0.3) is 0 Å². The van der Waals surface area contributed by atoms with Crippen LogP contribution in [-0.2, 0) is 16.0 Å². The van der Waals surface area contributed by atoms with E-state index < -0.39 is 0 Å². The first-order valence-corrected chi connectivity index (χ1v) is 5.08. The molecule has 0 atom stereocenters. The molecule has 0 saturated heterocycles. The summed E-state index contributed by atoms with van der Waals surface area (Å²) < 4.78 is 0. The van der Waals surface area contributed by atoms with E-state index in [9.17, 15) is 9.59 Å². The molecule has 1 aromatic heterocycles. The van der Waals surface area contributed by atoms with E-state index in [0.29, 0.717) is 6.42 Å². The normalized spacial score (nSPS) is 10.3. The van der Waals surface area contributed by atoms with Gasteiger partial charge < -0.3 is 0 Å². The Kier molecular flexibility index (Phi) is 4.16. The molecule has 0 radical (unpaired) electrons. The van der Waals surface area contributed by atoms with Crippen molar-refractivity contribution in [1.82, 2.24) is 4.98 Å². The molecule has 80 valence electrons. The summed E-state index contributed by atoms with van der Waals surface area (Å²) in [6.07, 6.45) is 2.48. The number of hydrogen-bond acceptors (Lipinski definition) is 3. The zero-order chi connectivity index (χ0) is 11.3. The van der Waals surface area contributed by atoms with E-state index in [0.717, 1.165) is 5.69 Å². The summed E-state index contributed by atoms with van der Waals surface area (Å²) in [7, 11) is 0. The van der Waals surface area contributed by atoms with Crippen LogP contribution in [0.1, 0.15) is 26.0 Å². The summed E-state index contributed by atoms with van der Waals surface area (Å²) in [6, 6.07) is 5.55. The van der Waals surface area contributed by atoms with E-state index in [1.54, 1.807) is 20.0 Å². The Balaban J connectivity index is 2.45. The highest BCUT2D eigenvalue weighted by Crippen LogP contribution is 2.03. The van der Waals surface area contributed by atoms with Gasteiger partial charge in [-0.3, -0.25) is 14.6 Å². The maximum absolute atomic E-state index is 11.4. The molecule has 0 N–H and O–H groups in total. The summed E-state index contributed by atoms with van der Waals surface area (Å²) in [6.45, 7) is 3.47. The van der Waals surface area contributed by atoms with Crippen LogP contribution in [-0.4, -0.2) is 16.6 Å². The minimum absolute atomic E-state index is 0.207. The molecule has 0 aliphatic heterocycles. The molecule has 3 heteroatoms. The van der Waals surface area contributed by atoms with Gasteiger partial charge in [0.15, 0.2) is 5.78 Å². The van der Waals surface area contributed by atoms with Crippen molar-refractivity contribution in [2.45, 2.75) is 26.7 Å². The first-order chi connectivity index (χ1) is 7.11. The summed E-state index contributed by atoms with van der Waals surface area (Å²) in [5, 5.41) is 0. The number of rotatable bonds is 5. The third kappa shape index (κ3) is 3.62. The highest BCUT2D eigenvalue weighted by Gasteiger charge is 2.16. The number of carbonyl (C=O) groups excluding carboxylic acids is 2. The minimum Gasteiger partial charge on any atom is -0.291 e. The Morgan fingerprint density at radius 1 is 1.33 bits per heavy atom. The maximum atomic E-state index is 11.4. The van der Waals surface area contributed by atoms with Gasteiger partial charge in [0, 0.05) is 24.2 Å². The highest BCUT2D eigenvalue weighted by atomic mass is 16.2. The fourth-order valence-electron chi connectivity index (χ4n) is 1.23. The first-order valence-electron chi connectivity index (χ1n) is 5.08. The second-order valence-electron chi connectivity index (χ2n) is 3.76. The van der Waals surface area contributed by atoms with E-state index in [1.807, 2.05) is 18.2 Å². The van der Waals surface area contributed by atoms with Crippen LogP contribution in [0.3, 0.4) is 0 Å². The SMILES string of the molecule is CC(C)C(=O)C(=O)CCc1ccccn1. The number of ketones is 2. The van der Waals surface area contributed by atoms with E-state index in [2.05, 4.69) is 4.98 Å². The largest absolute Gasteiger partial charge is 0.291 e. The second kappa shape index (κ2) is 5.39. The van der Waals surface area contributed by atoms with Crippen LogP contribution in [0, 0.1) is 5.92 Å². The molecule has 3 nitrogen and oxygen atoms in total. The van der Waals surface area contributed by atoms with E-state index in [4.69, 9.17) is 0 Å². The van der Waals surface area contributed by atoms with E-state index in [1.165, 1.54) is 0 Å². The smallest absolute Gasteiger partial charge is 0.200 e. The van der Waals surface area contributed by atoms with Crippen LogP contribution in [0.2, 0.25) is 0 Å². The lowest BCUT2D eigenvalue weighted by atomic mass is 10.0. The molecule has 0 unspecified atom stereocenters. The van der Waals surface area contributed by atoms with Gasteiger partial charge in [0.1, 0.15) is 0 Å². The fourth-order valence-corrected chi connectivity index (χ4v) is 1.23. The summed E-state index contributed by atoms with van der Waals surface area (Å²) >= 11 is 0. The Morgan fingerprint density at radius 3 is 2.60 bits per heavy atom. The third-order valence-corrected chi connectivity index (χ3v) is 2.13. The van der Waals surface area contributed by atoms with Crippen molar-refractivity contribution in [3.8, 4) is 0 Å². The molecule has 0 aromatic carbocycles. The number of carbonyl (C=O) groups is 2. The number of pyridine rings is 1. The van der Waals surface area contributed by atoms with Gasteiger partial charge in [-0.15, -0.1) is 0 Å². The zero-order valence-electron chi connectivity index (χ0n) is 9.06. The van der Waals surface area contributed by atoms with Gasteiger partial charge in [0.2, 0.25) is 5.78 Å². The van der Waals surface area contributed by atoms with Gasteiger partial charge in [0.05, 0.1) is 0 Å². The van der Waals surface area contributed by atoms with Crippen LogP contribution in [0.4, 0.5) is 0 Å². The number of Topliss-reactive ketones (excluding diaryl/α,β-unsaturated/α-hetero) is 2. The Morgan fingerprint density at radius 2 is 2.07 bits per heavy atom. The van der Waals surface area contributed by atoms with Gasteiger partial charge in [-0.1, -0.05) is 19.9 Å². The number of aryl methyl sites for hydroxylation is 1. The molecule has 0 amide bonds. The maximum Gasteiger partial charge on any atom is 0.200 e. The lowest BCUT2D eigenvalue weighted by Crippen LogP contribution is -2.20. The summed E-state index contributed by atoms with van der Waals surface area (Å²) in [5.41, 5.74) is 0.849. The first kappa shape index (κ1) is 11.6. The Hall–Kier alpha value is -1.51. The van der Waals surface area contributed by atoms with Gasteiger partial charge in [-0.2, -0.15) is 0 Å². The van der Waals surface area contributed by atoms with Crippen LogP contribution >= 0.6 is 0 Å². The molecule has 0 fully saturated rings. The van der Waals surface area contributed by atoms with E-state index >= 15 is 0 Å². The topological polar surface area (TPSA) is 47.0 Å². The molecule has 15 heavy (non-hydrogen) atoms. The molecule has 0 bridgehead atoms. The third-order valence-electron chi connectivity index (χ3n) is 2.13. The lowest BCUT2D eigenvalue weighted by molar-refractivity contribution is -0.138. The lowest BCUT2D eigenvalue weighted by Gasteiger charge is -2.02. The number of hydrogen-bond donors (Lipinski definition) is 0. The summed E-state index contributed by atoms with van der Waals surface area (Å²) in [5.74, 6) is -0.789. The number of nitrogens with zero attached hydrogens (tertiary/aromatic N) is 1. The molecule has 0 spiro atoms. The van der Waals surface area contributed by atoms with Crippen LogP contribution in [0.15, 0.2) is 24.4 Å². The molecule has 1 heterocycles. The van der Waals surface area contributed by atoms with Crippen molar-refractivity contribution < 1.29 is 9.59 Å². The van der Waals surface area contributed by atoms with Crippen LogP contribution in [0.5, 0.6) is 0 Å². The predicted octanol–water partition coefficient (Wildman–Crippen LogP) is 1.81. The van der Waals surface area contributed by atoms with Gasteiger partial charge in [0.25, 0.3) is 0 Å². The van der Waals surface area contributed by atoms with Gasteiger partial charge in [-0.25, -0.2) is 0 Å². The Labute approximate surface area is 89.5 Å². The van der Waals surface area contributed by atoms with Gasteiger partial charge in [-0.05, 0) is 18.6 Å². The van der Waals surface area contributed by atoms with Crippen molar-refractivity contribution >= 4 is 11.6 Å². The molecule has 0 aliphatic rings. The molecule has 0 aliphatic carbocycles. The van der Waals surface area contributed by atoms with Crippen molar-refractivity contribution in [2.75, 3.05) is 0 Å². The average Bonchev–Trinajstić information content (AvgIpc) is 2.26. The van der Waals surface area contributed by atoms with Crippen molar-refractivity contribution in [3.63, 3.8) is 0 Å². The average molecular weight is 205 g/mol. The molecule has 1 aromatic rings. The standard InChI is InChI=1S/C12H15NO2/c1-9(2)12(15)11(14)7-6-10-5-3-4-8-13-10/h3-5,8-9H,6-7H2,1-2H3. The monoisotopic (exact) mass is 205 g/mol. The molecular formula is C12H15NO2. The predicted molar refractivity (Wildman–Crippen MR) is 57.4 cm³/mol. The summed E-state index contributed by atoms with van der Waals surface area (Å²) in [4.78, 5) is 26.8. The van der Waals surface area contributed by atoms with Crippen molar-refractivity contribution in [2.24, 2.45) is 5.92 Å². The van der Waals surface area contributed by atoms with E-state index in [-0.39, 0.29) is 23.9 Å². The second-order valence-corrected chi connectivity index (χ2v) is 3.76. The molecule has 1 rings (SSSR count). The quantitative estimate of drug-likeness (QED) is 0.689. The van der Waals surface area contributed by atoms with Crippen molar-refractivity contribution in [1.29, 1.82) is 0 Å². The zero-order valence-corrected chi connectivity index (χ0v) is 9.06. The number of aromatic nitrogens is 1. The molecule has 0 saturated carbocycles.